The van der Waals surface area contributed by atoms with Crippen LogP contribution in [0.1, 0.15) is 19.3 Å². The maximum atomic E-state index is 10.3. The van der Waals surface area contributed by atoms with Gasteiger partial charge in [0.2, 0.25) is 6.04 Å². The first-order valence-electron chi connectivity index (χ1n) is 3.53. The van der Waals surface area contributed by atoms with Gasteiger partial charge in [-0.15, -0.1) is 23.2 Å². The summed E-state index contributed by atoms with van der Waals surface area (Å²) in [5.74, 6) is 0. The van der Waals surface area contributed by atoms with E-state index in [-0.39, 0.29) is 15.7 Å². The molecule has 64 valence electrons. The first kappa shape index (κ1) is 9.07. The van der Waals surface area contributed by atoms with Gasteiger partial charge in [-0.25, -0.2) is 0 Å². The molecule has 3 unspecified atom stereocenters. The first-order chi connectivity index (χ1) is 5.11. The van der Waals surface area contributed by atoms with E-state index in [1.807, 2.05) is 0 Å². The summed E-state index contributed by atoms with van der Waals surface area (Å²) < 4.78 is 0. The van der Waals surface area contributed by atoms with Gasteiger partial charge in [-0.3, -0.25) is 10.1 Å². The summed E-state index contributed by atoms with van der Waals surface area (Å²) in [5.41, 5.74) is 0. The van der Waals surface area contributed by atoms with Crippen molar-refractivity contribution in [2.45, 2.75) is 36.1 Å². The number of alkyl halides is 2. The third kappa shape index (κ3) is 2.20. The van der Waals surface area contributed by atoms with E-state index in [0.717, 1.165) is 0 Å². The third-order valence-electron chi connectivity index (χ3n) is 1.94. The molecule has 0 aliphatic heterocycles. The number of nitro groups is 1. The zero-order chi connectivity index (χ0) is 8.43. The minimum atomic E-state index is -0.591. The van der Waals surface area contributed by atoms with Crippen molar-refractivity contribution in [2.75, 3.05) is 0 Å². The fraction of sp³-hybridized carbons (Fsp3) is 1.00. The molecular formula is C6H9Cl2NO2. The van der Waals surface area contributed by atoms with E-state index in [1.165, 1.54) is 0 Å². The molecule has 1 saturated carbocycles. The Kier molecular flexibility index (Phi) is 2.96. The standard InChI is InChI=1S/C6H9Cl2NO2/c7-4-1-2-6(9(10)11)5(8)3-4/h4-6H,1-3H2. The quantitative estimate of drug-likeness (QED) is 0.367. The van der Waals surface area contributed by atoms with Crippen molar-refractivity contribution in [3.05, 3.63) is 10.1 Å². The van der Waals surface area contributed by atoms with Crippen LogP contribution < -0.4 is 0 Å². The van der Waals surface area contributed by atoms with E-state index in [1.54, 1.807) is 0 Å². The average Bonchev–Trinajstić information content (AvgIpc) is 1.85. The minimum Gasteiger partial charge on any atom is -0.264 e. The van der Waals surface area contributed by atoms with Crippen molar-refractivity contribution in [1.82, 2.24) is 0 Å². The Hall–Kier alpha value is -0.0200. The molecule has 3 nitrogen and oxygen atoms in total. The summed E-state index contributed by atoms with van der Waals surface area (Å²) >= 11 is 11.5. The van der Waals surface area contributed by atoms with Crippen molar-refractivity contribution in [3.63, 3.8) is 0 Å². The second kappa shape index (κ2) is 3.59. The predicted molar refractivity (Wildman–Crippen MR) is 43.9 cm³/mol. The Balaban J connectivity index is 2.50. The summed E-state index contributed by atoms with van der Waals surface area (Å²) in [5, 5.41) is 9.98. The van der Waals surface area contributed by atoms with Crippen LogP contribution in [-0.4, -0.2) is 21.7 Å². The molecule has 5 heteroatoms. The van der Waals surface area contributed by atoms with Crippen LogP contribution in [0.25, 0.3) is 0 Å². The highest BCUT2D eigenvalue weighted by Gasteiger charge is 2.35. The van der Waals surface area contributed by atoms with E-state index in [0.29, 0.717) is 19.3 Å². The smallest absolute Gasteiger partial charge is 0.229 e. The van der Waals surface area contributed by atoms with Gasteiger partial charge in [0, 0.05) is 16.7 Å². The Morgan fingerprint density at radius 3 is 2.45 bits per heavy atom. The molecule has 0 aromatic rings. The summed E-state index contributed by atoms with van der Waals surface area (Å²) in [7, 11) is 0. The van der Waals surface area contributed by atoms with Crippen molar-refractivity contribution in [1.29, 1.82) is 0 Å². The van der Waals surface area contributed by atoms with Gasteiger partial charge in [0.05, 0.1) is 0 Å². The second-order valence-corrected chi connectivity index (χ2v) is 3.96. The second-order valence-electron chi connectivity index (χ2n) is 2.78. The Morgan fingerprint density at radius 2 is 2.00 bits per heavy atom. The van der Waals surface area contributed by atoms with Gasteiger partial charge in [0.15, 0.2) is 0 Å². The summed E-state index contributed by atoms with van der Waals surface area (Å²) in [6.45, 7) is 0. The van der Waals surface area contributed by atoms with Gasteiger partial charge in [-0.05, 0) is 12.8 Å². The zero-order valence-corrected chi connectivity index (χ0v) is 7.38. The van der Waals surface area contributed by atoms with Crippen LogP contribution in [0.2, 0.25) is 0 Å². The lowest BCUT2D eigenvalue weighted by molar-refractivity contribution is -0.524. The normalized spacial score (nSPS) is 38.5. The summed E-state index contributed by atoms with van der Waals surface area (Å²) in [6.07, 6.45) is 1.76. The minimum absolute atomic E-state index is 0.0219. The van der Waals surface area contributed by atoms with E-state index in [9.17, 15) is 10.1 Å². The maximum Gasteiger partial charge on any atom is 0.229 e. The molecule has 1 fully saturated rings. The zero-order valence-electron chi connectivity index (χ0n) is 5.87. The van der Waals surface area contributed by atoms with Gasteiger partial charge < -0.3 is 0 Å². The van der Waals surface area contributed by atoms with Crippen molar-refractivity contribution >= 4 is 23.2 Å². The molecule has 0 N–H and O–H groups in total. The van der Waals surface area contributed by atoms with Crippen LogP contribution in [-0.2, 0) is 0 Å². The third-order valence-corrected chi connectivity index (χ3v) is 2.81. The van der Waals surface area contributed by atoms with E-state index >= 15 is 0 Å². The molecule has 11 heavy (non-hydrogen) atoms. The van der Waals surface area contributed by atoms with Gasteiger partial charge in [0.25, 0.3) is 0 Å². The molecule has 0 heterocycles. The highest BCUT2D eigenvalue weighted by Crippen LogP contribution is 2.28. The maximum absolute atomic E-state index is 10.3. The van der Waals surface area contributed by atoms with E-state index in [2.05, 4.69) is 0 Å². The topological polar surface area (TPSA) is 43.1 Å². The Morgan fingerprint density at radius 1 is 1.36 bits per heavy atom. The summed E-state index contributed by atoms with van der Waals surface area (Å²) in [4.78, 5) is 10.0. The number of nitrogens with zero attached hydrogens (tertiary/aromatic N) is 1. The van der Waals surface area contributed by atoms with Crippen LogP contribution in [0.5, 0.6) is 0 Å². The largest absolute Gasteiger partial charge is 0.264 e. The molecule has 0 aromatic carbocycles. The van der Waals surface area contributed by atoms with E-state index < -0.39 is 6.04 Å². The Labute approximate surface area is 74.8 Å². The number of rotatable bonds is 1. The molecule has 0 spiro atoms. The molecule has 1 aliphatic rings. The van der Waals surface area contributed by atoms with Crippen molar-refractivity contribution < 1.29 is 4.92 Å². The van der Waals surface area contributed by atoms with Crippen LogP contribution in [0.15, 0.2) is 0 Å². The lowest BCUT2D eigenvalue weighted by atomic mass is 9.95. The van der Waals surface area contributed by atoms with Crippen LogP contribution in [0, 0.1) is 10.1 Å². The fourth-order valence-electron chi connectivity index (χ4n) is 1.29. The molecule has 1 aliphatic carbocycles. The van der Waals surface area contributed by atoms with Gasteiger partial charge in [-0.1, -0.05) is 0 Å². The number of halogens is 2. The van der Waals surface area contributed by atoms with Gasteiger partial charge in [-0.2, -0.15) is 0 Å². The van der Waals surface area contributed by atoms with Gasteiger partial charge in [0.1, 0.15) is 5.38 Å². The lowest BCUT2D eigenvalue weighted by Crippen LogP contribution is -2.36. The summed E-state index contributed by atoms with van der Waals surface area (Å²) in [6, 6.07) is -0.591. The monoisotopic (exact) mass is 197 g/mol. The number of hydrogen-bond donors (Lipinski definition) is 0. The van der Waals surface area contributed by atoms with Crippen LogP contribution >= 0.6 is 23.2 Å². The average molecular weight is 198 g/mol. The van der Waals surface area contributed by atoms with E-state index in [4.69, 9.17) is 23.2 Å². The van der Waals surface area contributed by atoms with Crippen molar-refractivity contribution in [2.24, 2.45) is 0 Å². The highest BCUT2D eigenvalue weighted by atomic mass is 35.5. The molecule has 0 amide bonds. The van der Waals surface area contributed by atoms with Crippen LogP contribution in [0.4, 0.5) is 0 Å². The molecule has 1 rings (SSSR count). The predicted octanol–water partition coefficient (Wildman–Crippen LogP) is 2.03. The molecule has 0 radical (unpaired) electrons. The number of hydrogen-bond acceptors (Lipinski definition) is 2. The molecular weight excluding hydrogens is 189 g/mol. The fourth-order valence-corrected chi connectivity index (χ4v) is 2.13. The lowest BCUT2D eigenvalue weighted by Gasteiger charge is -2.23. The molecule has 0 bridgehead atoms. The SMILES string of the molecule is O=[N+]([O-])C1CCC(Cl)CC1Cl. The first-order valence-corrected chi connectivity index (χ1v) is 4.40. The Bertz CT molecular complexity index is 165. The molecule has 0 saturated heterocycles. The molecule has 3 atom stereocenters. The molecule has 0 aromatic heterocycles. The van der Waals surface area contributed by atoms with Crippen molar-refractivity contribution in [3.8, 4) is 0 Å². The van der Waals surface area contributed by atoms with Crippen LogP contribution in [0.3, 0.4) is 0 Å². The highest BCUT2D eigenvalue weighted by molar-refractivity contribution is 6.24. The van der Waals surface area contributed by atoms with Gasteiger partial charge >= 0.3 is 0 Å².